The molecule has 0 aromatic heterocycles. The fourth-order valence-electron chi connectivity index (χ4n) is 2.21. The Morgan fingerprint density at radius 2 is 1.94 bits per heavy atom. The van der Waals surface area contributed by atoms with Crippen LogP contribution in [0.3, 0.4) is 0 Å². The van der Waals surface area contributed by atoms with Crippen LogP contribution < -0.4 is 5.32 Å². The van der Waals surface area contributed by atoms with E-state index in [2.05, 4.69) is 5.32 Å². The lowest BCUT2D eigenvalue weighted by Gasteiger charge is -2.37. The first-order valence-electron chi connectivity index (χ1n) is 5.81. The number of nitrogens with one attached hydrogen (secondary N) is 1. The largest absolute Gasteiger partial charge is 0.416 e. The van der Waals surface area contributed by atoms with Crippen molar-refractivity contribution in [1.82, 2.24) is 5.32 Å². The van der Waals surface area contributed by atoms with Gasteiger partial charge in [-0.3, -0.25) is 0 Å². The van der Waals surface area contributed by atoms with Crippen molar-refractivity contribution < 1.29 is 13.2 Å². The maximum absolute atomic E-state index is 13.0. The summed E-state index contributed by atoms with van der Waals surface area (Å²) in [5, 5.41) is 3.30. The van der Waals surface area contributed by atoms with Crippen molar-refractivity contribution >= 4 is 11.8 Å². The highest BCUT2D eigenvalue weighted by molar-refractivity contribution is 7.99. The molecule has 100 valence electrons. The quantitative estimate of drug-likeness (QED) is 0.835. The summed E-state index contributed by atoms with van der Waals surface area (Å²) in [4.78, 5) is 0. The van der Waals surface area contributed by atoms with Crippen LogP contribution in [0.4, 0.5) is 13.2 Å². The number of benzene rings is 1. The van der Waals surface area contributed by atoms with E-state index < -0.39 is 11.7 Å². The molecule has 1 fully saturated rings. The van der Waals surface area contributed by atoms with Crippen LogP contribution in [0.5, 0.6) is 0 Å². The standard InChI is InChI=1S/C13H16F3NS/c1-12(2)8-18-7-11(17-12)9-5-3-4-6-10(9)13(14,15)16/h3-6,11,17H,7-8H2,1-2H3. The number of thioether (sulfide) groups is 1. The molecule has 1 atom stereocenters. The maximum atomic E-state index is 13.0. The number of hydrogen-bond acceptors (Lipinski definition) is 2. The van der Waals surface area contributed by atoms with Crippen LogP contribution in [-0.4, -0.2) is 17.0 Å². The molecule has 0 spiro atoms. The first kappa shape index (κ1) is 13.7. The summed E-state index contributed by atoms with van der Waals surface area (Å²) in [7, 11) is 0. The summed E-state index contributed by atoms with van der Waals surface area (Å²) in [5.74, 6) is 1.59. The Bertz CT molecular complexity index is 428. The SMILES string of the molecule is CC1(C)CSCC(c2ccccc2C(F)(F)F)N1. The van der Waals surface area contributed by atoms with E-state index in [1.54, 1.807) is 23.9 Å². The van der Waals surface area contributed by atoms with Crippen molar-refractivity contribution in [2.75, 3.05) is 11.5 Å². The topological polar surface area (TPSA) is 12.0 Å². The van der Waals surface area contributed by atoms with Gasteiger partial charge in [-0.2, -0.15) is 24.9 Å². The number of alkyl halides is 3. The first-order valence-corrected chi connectivity index (χ1v) is 6.97. The van der Waals surface area contributed by atoms with E-state index in [9.17, 15) is 13.2 Å². The predicted octanol–water partition coefficient (Wildman–Crippen LogP) is 3.86. The van der Waals surface area contributed by atoms with Crippen molar-refractivity contribution in [2.45, 2.75) is 31.6 Å². The third-order valence-electron chi connectivity index (χ3n) is 2.95. The van der Waals surface area contributed by atoms with Gasteiger partial charge in [0.05, 0.1) is 5.56 Å². The minimum absolute atomic E-state index is 0.133. The Morgan fingerprint density at radius 1 is 1.28 bits per heavy atom. The molecule has 1 aromatic carbocycles. The van der Waals surface area contributed by atoms with Crippen LogP contribution >= 0.6 is 11.8 Å². The van der Waals surface area contributed by atoms with Crippen LogP contribution in [0.15, 0.2) is 24.3 Å². The lowest BCUT2D eigenvalue weighted by atomic mass is 9.97. The third-order valence-corrected chi connectivity index (χ3v) is 4.45. The molecule has 1 aromatic rings. The predicted molar refractivity (Wildman–Crippen MR) is 68.7 cm³/mol. The van der Waals surface area contributed by atoms with Gasteiger partial charge in [0.15, 0.2) is 0 Å². The van der Waals surface area contributed by atoms with Crippen LogP contribution in [0.2, 0.25) is 0 Å². The Labute approximate surface area is 109 Å². The van der Waals surface area contributed by atoms with Gasteiger partial charge in [-0.25, -0.2) is 0 Å². The molecule has 0 aliphatic carbocycles. The highest BCUT2D eigenvalue weighted by Gasteiger charge is 2.37. The van der Waals surface area contributed by atoms with E-state index >= 15 is 0 Å². The van der Waals surface area contributed by atoms with Crippen molar-refractivity contribution in [1.29, 1.82) is 0 Å². The highest BCUT2D eigenvalue weighted by atomic mass is 32.2. The lowest BCUT2D eigenvalue weighted by molar-refractivity contribution is -0.138. The van der Waals surface area contributed by atoms with Crippen molar-refractivity contribution in [2.24, 2.45) is 0 Å². The van der Waals surface area contributed by atoms with E-state index in [1.165, 1.54) is 6.07 Å². The zero-order valence-electron chi connectivity index (χ0n) is 10.3. The molecular formula is C13H16F3NS. The van der Waals surface area contributed by atoms with Gasteiger partial charge >= 0.3 is 6.18 Å². The van der Waals surface area contributed by atoms with Gasteiger partial charge in [-0.15, -0.1) is 0 Å². The molecule has 0 radical (unpaired) electrons. The molecule has 0 bridgehead atoms. The van der Waals surface area contributed by atoms with E-state index in [1.807, 2.05) is 13.8 Å². The third kappa shape index (κ3) is 3.01. The summed E-state index contributed by atoms with van der Waals surface area (Å²) < 4.78 is 38.9. The van der Waals surface area contributed by atoms with Gasteiger partial charge in [0, 0.05) is 23.1 Å². The normalized spacial score (nSPS) is 23.9. The monoisotopic (exact) mass is 275 g/mol. The second-order valence-corrected chi connectivity index (χ2v) is 6.21. The summed E-state index contributed by atoms with van der Waals surface area (Å²) >= 11 is 1.69. The lowest BCUT2D eigenvalue weighted by Crippen LogP contribution is -2.48. The van der Waals surface area contributed by atoms with Gasteiger partial charge in [-0.05, 0) is 25.5 Å². The Kier molecular flexibility index (Phi) is 3.65. The van der Waals surface area contributed by atoms with Crippen LogP contribution in [0.25, 0.3) is 0 Å². The highest BCUT2D eigenvalue weighted by Crippen LogP contribution is 2.37. The minimum atomic E-state index is -4.29. The van der Waals surface area contributed by atoms with Gasteiger partial charge in [-0.1, -0.05) is 18.2 Å². The number of rotatable bonds is 1. The molecular weight excluding hydrogens is 259 g/mol. The fraction of sp³-hybridized carbons (Fsp3) is 0.538. The maximum Gasteiger partial charge on any atom is 0.416 e. The Balaban J connectivity index is 2.33. The Hall–Kier alpha value is -0.680. The zero-order valence-corrected chi connectivity index (χ0v) is 11.2. The molecule has 1 aliphatic heterocycles. The van der Waals surface area contributed by atoms with Gasteiger partial charge in [0.25, 0.3) is 0 Å². The van der Waals surface area contributed by atoms with E-state index in [0.29, 0.717) is 11.3 Å². The molecule has 1 aliphatic rings. The second-order valence-electron chi connectivity index (χ2n) is 5.18. The molecule has 2 rings (SSSR count). The van der Waals surface area contributed by atoms with Crippen molar-refractivity contribution in [3.8, 4) is 0 Å². The zero-order chi connectivity index (χ0) is 13.4. The summed E-state index contributed by atoms with van der Waals surface area (Å²) in [6.07, 6.45) is -4.29. The molecule has 1 N–H and O–H groups in total. The first-order chi connectivity index (χ1) is 8.30. The second kappa shape index (κ2) is 4.78. The molecule has 0 amide bonds. The number of hydrogen-bond donors (Lipinski definition) is 1. The van der Waals surface area contributed by atoms with Crippen LogP contribution in [0, 0.1) is 0 Å². The molecule has 18 heavy (non-hydrogen) atoms. The molecule has 1 heterocycles. The van der Waals surface area contributed by atoms with Gasteiger partial charge in [0.2, 0.25) is 0 Å². The van der Waals surface area contributed by atoms with E-state index in [-0.39, 0.29) is 11.6 Å². The van der Waals surface area contributed by atoms with E-state index in [4.69, 9.17) is 0 Å². The molecule has 1 saturated heterocycles. The van der Waals surface area contributed by atoms with Gasteiger partial charge < -0.3 is 5.32 Å². The van der Waals surface area contributed by atoms with Gasteiger partial charge in [0.1, 0.15) is 0 Å². The van der Waals surface area contributed by atoms with Crippen molar-refractivity contribution in [3.63, 3.8) is 0 Å². The molecule has 1 nitrogen and oxygen atoms in total. The van der Waals surface area contributed by atoms with E-state index in [0.717, 1.165) is 11.8 Å². The molecule has 5 heteroatoms. The summed E-state index contributed by atoms with van der Waals surface area (Å²) in [6, 6.07) is 5.59. The fourth-order valence-corrected chi connectivity index (χ4v) is 3.42. The van der Waals surface area contributed by atoms with Crippen LogP contribution in [-0.2, 0) is 6.18 Å². The average molecular weight is 275 g/mol. The molecule has 1 unspecified atom stereocenters. The average Bonchev–Trinajstić information content (AvgIpc) is 2.26. The minimum Gasteiger partial charge on any atom is -0.303 e. The van der Waals surface area contributed by atoms with Crippen molar-refractivity contribution in [3.05, 3.63) is 35.4 Å². The summed E-state index contributed by atoms with van der Waals surface area (Å²) in [6.45, 7) is 4.03. The summed E-state index contributed by atoms with van der Waals surface area (Å²) in [5.41, 5.74) is -0.308. The molecule has 0 saturated carbocycles. The van der Waals surface area contributed by atoms with Crippen LogP contribution in [0.1, 0.15) is 31.0 Å². The number of halogens is 3. The Morgan fingerprint density at radius 3 is 2.56 bits per heavy atom. The smallest absolute Gasteiger partial charge is 0.303 e.